The van der Waals surface area contributed by atoms with Crippen LogP contribution in [0, 0.1) is 5.82 Å². The summed E-state index contributed by atoms with van der Waals surface area (Å²) in [6.07, 6.45) is 0. The molecule has 0 aliphatic rings. The summed E-state index contributed by atoms with van der Waals surface area (Å²) in [7, 11) is 0. The molecule has 0 amide bonds. The normalized spacial score (nSPS) is 10.2. The van der Waals surface area contributed by atoms with E-state index in [0.29, 0.717) is 5.02 Å². The van der Waals surface area contributed by atoms with Gasteiger partial charge in [-0.05, 0) is 35.9 Å². The van der Waals surface area contributed by atoms with Crippen LogP contribution in [0.5, 0.6) is 5.75 Å². The third-order valence-corrected chi connectivity index (χ3v) is 2.70. The Balaban J connectivity index is 2.10. The zero-order valence-electron chi connectivity index (χ0n) is 9.77. The molecule has 0 atom stereocenters. The predicted octanol–water partition coefficient (Wildman–Crippen LogP) is 3.76. The summed E-state index contributed by atoms with van der Waals surface area (Å²) in [4.78, 5) is 10.7. The number of carboxylic acids is 1. The Bertz CT molecular complexity index is 613. The van der Waals surface area contributed by atoms with Crippen LogP contribution in [0.15, 0.2) is 42.5 Å². The van der Waals surface area contributed by atoms with E-state index < -0.39 is 11.8 Å². The molecule has 0 aliphatic heterocycles. The maximum absolute atomic E-state index is 13.6. The van der Waals surface area contributed by atoms with Crippen molar-refractivity contribution in [2.75, 3.05) is 0 Å². The topological polar surface area (TPSA) is 46.5 Å². The maximum Gasteiger partial charge on any atom is 0.335 e. The summed E-state index contributed by atoms with van der Waals surface area (Å²) in [6, 6.07) is 10.5. The molecule has 2 aromatic rings. The molecule has 98 valence electrons. The van der Waals surface area contributed by atoms with Gasteiger partial charge < -0.3 is 9.84 Å². The van der Waals surface area contributed by atoms with E-state index in [-0.39, 0.29) is 17.9 Å². The monoisotopic (exact) mass is 280 g/mol. The highest BCUT2D eigenvalue weighted by molar-refractivity contribution is 6.30. The second-order valence-electron chi connectivity index (χ2n) is 3.87. The lowest BCUT2D eigenvalue weighted by Crippen LogP contribution is -2.01. The molecule has 0 aromatic heterocycles. The molecule has 0 saturated carbocycles. The lowest BCUT2D eigenvalue weighted by Gasteiger charge is -2.08. The van der Waals surface area contributed by atoms with E-state index in [1.807, 2.05) is 0 Å². The number of benzene rings is 2. The number of hydrogen-bond acceptors (Lipinski definition) is 2. The SMILES string of the molecule is O=C(O)c1ccc(OCc2cccc(Cl)c2)c(F)c1. The van der Waals surface area contributed by atoms with Crippen molar-refractivity contribution in [1.29, 1.82) is 0 Å². The van der Waals surface area contributed by atoms with E-state index in [9.17, 15) is 9.18 Å². The van der Waals surface area contributed by atoms with E-state index in [0.717, 1.165) is 11.6 Å². The molecule has 0 bridgehead atoms. The summed E-state index contributed by atoms with van der Waals surface area (Å²) in [5.74, 6) is -1.88. The van der Waals surface area contributed by atoms with Crippen molar-refractivity contribution >= 4 is 17.6 Å². The molecule has 19 heavy (non-hydrogen) atoms. The van der Waals surface area contributed by atoms with E-state index >= 15 is 0 Å². The van der Waals surface area contributed by atoms with Crippen LogP contribution in [0.4, 0.5) is 4.39 Å². The molecule has 0 heterocycles. The zero-order valence-corrected chi connectivity index (χ0v) is 10.5. The molecule has 0 saturated heterocycles. The second-order valence-corrected chi connectivity index (χ2v) is 4.31. The number of rotatable bonds is 4. The summed E-state index contributed by atoms with van der Waals surface area (Å²) in [6.45, 7) is 0.157. The van der Waals surface area contributed by atoms with Crippen molar-refractivity contribution in [1.82, 2.24) is 0 Å². The van der Waals surface area contributed by atoms with Gasteiger partial charge in [-0.3, -0.25) is 0 Å². The third-order valence-electron chi connectivity index (χ3n) is 2.46. The van der Waals surface area contributed by atoms with Crippen molar-refractivity contribution in [2.24, 2.45) is 0 Å². The first-order valence-electron chi connectivity index (χ1n) is 5.46. The summed E-state index contributed by atoms with van der Waals surface area (Å²) >= 11 is 5.82. The van der Waals surface area contributed by atoms with Gasteiger partial charge in [-0.25, -0.2) is 9.18 Å². The molecule has 0 fully saturated rings. The Morgan fingerprint density at radius 3 is 2.68 bits per heavy atom. The largest absolute Gasteiger partial charge is 0.486 e. The molecule has 2 aromatic carbocycles. The molecule has 0 radical (unpaired) electrons. The van der Waals surface area contributed by atoms with Crippen LogP contribution in [-0.2, 0) is 6.61 Å². The highest BCUT2D eigenvalue weighted by atomic mass is 35.5. The van der Waals surface area contributed by atoms with Gasteiger partial charge in [0, 0.05) is 5.02 Å². The average Bonchev–Trinajstić information content (AvgIpc) is 2.37. The van der Waals surface area contributed by atoms with Crippen LogP contribution in [-0.4, -0.2) is 11.1 Å². The molecule has 1 N–H and O–H groups in total. The molecular weight excluding hydrogens is 271 g/mol. The number of hydrogen-bond donors (Lipinski definition) is 1. The molecule has 2 rings (SSSR count). The van der Waals surface area contributed by atoms with Crippen molar-refractivity contribution in [3.05, 3.63) is 64.4 Å². The van der Waals surface area contributed by atoms with Gasteiger partial charge in [-0.1, -0.05) is 23.7 Å². The number of carbonyl (C=O) groups is 1. The van der Waals surface area contributed by atoms with Gasteiger partial charge in [-0.15, -0.1) is 0 Å². The maximum atomic E-state index is 13.6. The Morgan fingerprint density at radius 1 is 1.26 bits per heavy atom. The second kappa shape index (κ2) is 5.71. The summed E-state index contributed by atoms with van der Waals surface area (Å²) < 4.78 is 18.9. The van der Waals surface area contributed by atoms with Gasteiger partial charge >= 0.3 is 5.97 Å². The zero-order chi connectivity index (χ0) is 13.8. The van der Waals surface area contributed by atoms with Crippen LogP contribution in [0.3, 0.4) is 0 Å². The van der Waals surface area contributed by atoms with Crippen molar-refractivity contribution < 1.29 is 19.0 Å². The molecule has 5 heteroatoms. The Morgan fingerprint density at radius 2 is 2.05 bits per heavy atom. The molecule has 0 aliphatic carbocycles. The van der Waals surface area contributed by atoms with Gasteiger partial charge in [0.2, 0.25) is 0 Å². The molecule has 0 unspecified atom stereocenters. The average molecular weight is 281 g/mol. The third kappa shape index (κ3) is 3.45. The van der Waals surface area contributed by atoms with Gasteiger partial charge in [0.1, 0.15) is 6.61 Å². The van der Waals surface area contributed by atoms with Gasteiger partial charge in [0.05, 0.1) is 5.56 Å². The van der Waals surface area contributed by atoms with Gasteiger partial charge in [0.15, 0.2) is 11.6 Å². The predicted molar refractivity (Wildman–Crippen MR) is 69.1 cm³/mol. The summed E-state index contributed by atoms with van der Waals surface area (Å²) in [5.41, 5.74) is 0.682. The smallest absolute Gasteiger partial charge is 0.335 e. The number of carboxylic acid groups (broad SMARTS) is 1. The lowest BCUT2D eigenvalue weighted by molar-refractivity contribution is 0.0696. The van der Waals surface area contributed by atoms with Crippen LogP contribution in [0.2, 0.25) is 5.02 Å². The first kappa shape index (κ1) is 13.4. The molecule has 0 spiro atoms. The fourth-order valence-corrected chi connectivity index (χ4v) is 1.75. The fourth-order valence-electron chi connectivity index (χ4n) is 1.54. The quantitative estimate of drug-likeness (QED) is 0.927. The first-order chi connectivity index (χ1) is 9.06. The number of halogens is 2. The van der Waals surface area contributed by atoms with E-state index in [4.69, 9.17) is 21.4 Å². The van der Waals surface area contributed by atoms with Crippen molar-refractivity contribution in [3.63, 3.8) is 0 Å². The fraction of sp³-hybridized carbons (Fsp3) is 0.0714. The van der Waals surface area contributed by atoms with Gasteiger partial charge in [-0.2, -0.15) is 0 Å². The van der Waals surface area contributed by atoms with E-state index in [2.05, 4.69) is 0 Å². The Hall–Kier alpha value is -2.07. The molecular formula is C14H10ClFO3. The van der Waals surface area contributed by atoms with Crippen molar-refractivity contribution in [3.8, 4) is 5.75 Å². The van der Waals surface area contributed by atoms with Crippen LogP contribution < -0.4 is 4.74 Å². The van der Waals surface area contributed by atoms with E-state index in [1.165, 1.54) is 12.1 Å². The van der Waals surface area contributed by atoms with Gasteiger partial charge in [0.25, 0.3) is 0 Å². The Kier molecular flexibility index (Phi) is 4.02. The van der Waals surface area contributed by atoms with Crippen molar-refractivity contribution in [2.45, 2.75) is 6.61 Å². The highest BCUT2D eigenvalue weighted by Gasteiger charge is 2.09. The summed E-state index contributed by atoms with van der Waals surface area (Å²) in [5, 5.41) is 9.29. The highest BCUT2D eigenvalue weighted by Crippen LogP contribution is 2.20. The number of aromatic carboxylic acids is 1. The molecule has 3 nitrogen and oxygen atoms in total. The minimum absolute atomic E-state index is 0.00461. The minimum Gasteiger partial charge on any atom is -0.486 e. The Labute approximate surface area is 114 Å². The van der Waals surface area contributed by atoms with Crippen LogP contribution >= 0.6 is 11.6 Å². The van der Waals surface area contributed by atoms with Crippen LogP contribution in [0.1, 0.15) is 15.9 Å². The standard InChI is InChI=1S/C14H10ClFO3/c15-11-3-1-2-9(6-11)8-19-13-5-4-10(14(17)18)7-12(13)16/h1-7H,8H2,(H,17,18). The number of ether oxygens (including phenoxy) is 1. The minimum atomic E-state index is -1.18. The van der Waals surface area contributed by atoms with Crippen LogP contribution in [0.25, 0.3) is 0 Å². The first-order valence-corrected chi connectivity index (χ1v) is 5.84. The lowest BCUT2D eigenvalue weighted by atomic mass is 10.2. The van der Waals surface area contributed by atoms with E-state index in [1.54, 1.807) is 24.3 Å².